The van der Waals surface area contributed by atoms with E-state index in [4.69, 9.17) is 9.26 Å². The molecule has 0 bridgehead atoms. The van der Waals surface area contributed by atoms with Crippen LogP contribution in [0.1, 0.15) is 16.5 Å². The van der Waals surface area contributed by atoms with E-state index in [9.17, 15) is 18.0 Å². The van der Waals surface area contributed by atoms with Crippen LogP contribution >= 0.6 is 0 Å². The minimum atomic E-state index is -3.67. The number of fused-ring (bicyclic) bond motifs is 1. The van der Waals surface area contributed by atoms with Gasteiger partial charge in [0.05, 0.1) is 4.90 Å². The molecule has 0 fully saturated rings. The molecule has 0 aliphatic carbocycles. The minimum absolute atomic E-state index is 0.0961. The number of hydrogen-bond acceptors (Lipinski definition) is 8. The van der Waals surface area contributed by atoms with Crippen molar-refractivity contribution in [3.05, 3.63) is 84.5 Å². The first kappa shape index (κ1) is 23.9. The van der Waals surface area contributed by atoms with E-state index in [2.05, 4.69) is 20.8 Å². The summed E-state index contributed by atoms with van der Waals surface area (Å²) < 4.78 is 35.3. The molecule has 4 aromatic rings. The molecule has 4 rings (SSSR count). The summed E-state index contributed by atoms with van der Waals surface area (Å²) in [7, 11) is -3.67. The summed E-state index contributed by atoms with van der Waals surface area (Å²) in [6.07, 6.45) is 0. The number of benzene rings is 3. The fraction of sp³-hybridized carbons (Fsp3) is 0.167. The Morgan fingerprint density at radius 2 is 1.60 bits per heavy atom. The van der Waals surface area contributed by atoms with Gasteiger partial charge in [0.1, 0.15) is 11.5 Å². The van der Waals surface area contributed by atoms with Crippen molar-refractivity contribution in [2.45, 2.75) is 10.6 Å². The van der Waals surface area contributed by atoms with Crippen molar-refractivity contribution in [3.8, 4) is 5.75 Å². The Bertz CT molecular complexity index is 1430. The number of carbonyl (C=O) groups is 2. The lowest BCUT2D eigenvalue weighted by atomic mass is 10.1. The van der Waals surface area contributed by atoms with Crippen LogP contribution in [0.3, 0.4) is 0 Å². The van der Waals surface area contributed by atoms with E-state index in [-0.39, 0.29) is 42.2 Å². The number of rotatable bonds is 10. The lowest BCUT2D eigenvalue weighted by Crippen LogP contribution is -2.36. The Morgan fingerprint density at radius 3 is 2.43 bits per heavy atom. The number of amides is 2. The van der Waals surface area contributed by atoms with E-state index >= 15 is 0 Å². The second-order valence-electron chi connectivity index (χ2n) is 7.46. The average Bonchev–Trinajstić information content (AvgIpc) is 3.33. The molecule has 0 aliphatic rings. The zero-order valence-electron chi connectivity index (χ0n) is 18.5. The number of nitrogens with zero attached hydrogens (tertiary/aromatic N) is 2. The molecule has 0 saturated heterocycles. The van der Waals surface area contributed by atoms with Gasteiger partial charge in [0.2, 0.25) is 0 Å². The molecule has 180 valence electrons. The standard InChI is InChI=1S/C24H22N4O6S/c29-22(15-33-20-12-6-8-17-7-4-5-11-19(17)20)25-13-14-26-23(30)24-27-21(28-34-24)16-35(31,32)18-9-2-1-3-10-18/h1-12H,13-16H2,(H,25,29)(H,26,30). The van der Waals surface area contributed by atoms with Crippen molar-refractivity contribution in [1.82, 2.24) is 20.8 Å². The van der Waals surface area contributed by atoms with Gasteiger partial charge < -0.3 is 19.9 Å². The molecule has 0 atom stereocenters. The van der Waals surface area contributed by atoms with Crippen LogP contribution in [-0.4, -0.2) is 50.1 Å². The molecule has 10 nitrogen and oxygen atoms in total. The predicted molar refractivity (Wildman–Crippen MR) is 126 cm³/mol. The lowest BCUT2D eigenvalue weighted by molar-refractivity contribution is -0.123. The molecule has 0 unspecified atom stereocenters. The van der Waals surface area contributed by atoms with Gasteiger partial charge in [-0.15, -0.1) is 0 Å². The summed E-state index contributed by atoms with van der Waals surface area (Å²) in [5.41, 5.74) is 0. The number of sulfone groups is 1. The highest BCUT2D eigenvalue weighted by molar-refractivity contribution is 7.90. The van der Waals surface area contributed by atoms with Gasteiger partial charge in [0.15, 0.2) is 22.3 Å². The average molecular weight is 495 g/mol. The third-order valence-electron chi connectivity index (χ3n) is 4.92. The summed E-state index contributed by atoms with van der Waals surface area (Å²) in [5.74, 6) is -1.42. The van der Waals surface area contributed by atoms with E-state index < -0.39 is 21.5 Å². The first-order valence-corrected chi connectivity index (χ1v) is 12.3. The maximum atomic E-state index is 12.4. The summed E-state index contributed by atoms with van der Waals surface area (Å²) in [6.45, 7) is 0.0661. The second kappa shape index (κ2) is 10.8. The van der Waals surface area contributed by atoms with Gasteiger partial charge in [0.25, 0.3) is 5.91 Å². The molecule has 2 amide bonds. The number of nitrogens with one attached hydrogen (secondary N) is 2. The number of carbonyl (C=O) groups excluding carboxylic acids is 2. The maximum absolute atomic E-state index is 12.4. The fourth-order valence-electron chi connectivity index (χ4n) is 3.26. The molecule has 3 aromatic carbocycles. The number of aromatic nitrogens is 2. The molecule has 1 heterocycles. The SMILES string of the molecule is O=C(COc1cccc2ccccc12)NCCNC(=O)c1nc(CS(=O)(=O)c2ccccc2)no1. The van der Waals surface area contributed by atoms with Crippen molar-refractivity contribution >= 4 is 32.4 Å². The molecule has 0 radical (unpaired) electrons. The van der Waals surface area contributed by atoms with Gasteiger partial charge in [-0.3, -0.25) is 9.59 Å². The topological polar surface area (TPSA) is 140 Å². The molecule has 11 heteroatoms. The Balaban J connectivity index is 1.20. The van der Waals surface area contributed by atoms with E-state index in [0.717, 1.165) is 10.8 Å². The van der Waals surface area contributed by atoms with Crippen molar-refractivity contribution in [1.29, 1.82) is 0 Å². The lowest BCUT2D eigenvalue weighted by Gasteiger charge is -2.10. The molecule has 0 saturated carbocycles. The first-order chi connectivity index (χ1) is 16.9. The quantitative estimate of drug-likeness (QED) is 0.320. The van der Waals surface area contributed by atoms with Crippen LogP contribution in [0.4, 0.5) is 0 Å². The zero-order chi connectivity index (χ0) is 24.7. The van der Waals surface area contributed by atoms with Crippen LogP contribution in [-0.2, 0) is 20.4 Å². The number of hydrogen-bond donors (Lipinski definition) is 2. The summed E-state index contributed by atoms with van der Waals surface area (Å²) in [4.78, 5) is 28.2. The van der Waals surface area contributed by atoms with Crippen LogP contribution in [0.25, 0.3) is 10.8 Å². The molecular weight excluding hydrogens is 472 g/mol. The molecule has 0 aliphatic heterocycles. The van der Waals surface area contributed by atoms with Gasteiger partial charge >= 0.3 is 11.8 Å². The van der Waals surface area contributed by atoms with Gasteiger partial charge in [-0.25, -0.2) is 8.42 Å². The minimum Gasteiger partial charge on any atom is -0.483 e. The molecule has 2 N–H and O–H groups in total. The Kier molecular flexibility index (Phi) is 7.36. The fourth-order valence-corrected chi connectivity index (χ4v) is 4.45. The third-order valence-corrected chi connectivity index (χ3v) is 6.55. The highest BCUT2D eigenvalue weighted by Gasteiger charge is 2.21. The normalized spacial score (nSPS) is 11.2. The van der Waals surface area contributed by atoms with Crippen LogP contribution in [0.2, 0.25) is 0 Å². The monoisotopic (exact) mass is 494 g/mol. The smallest absolute Gasteiger partial charge is 0.315 e. The first-order valence-electron chi connectivity index (χ1n) is 10.7. The molecular formula is C24H22N4O6S. The van der Waals surface area contributed by atoms with E-state index in [1.54, 1.807) is 24.3 Å². The highest BCUT2D eigenvalue weighted by atomic mass is 32.2. The van der Waals surface area contributed by atoms with Crippen LogP contribution in [0, 0.1) is 0 Å². The highest BCUT2D eigenvalue weighted by Crippen LogP contribution is 2.24. The van der Waals surface area contributed by atoms with Gasteiger partial charge in [-0.05, 0) is 23.6 Å². The van der Waals surface area contributed by atoms with E-state index in [0.29, 0.717) is 5.75 Å². The van der Waals surface area contributed by atoms with Gasteiger partial charge in [-0.1, -0.05) is 59.8 Å². The van der Waals surface area contributed by atoms with Crippen molar-refractivity contribution in [2.24, 2.45) is 0 Å². The van der Waals surface area contributed by atoms with Crippen LogP contribution < -0.4 is 15.4 Å². The van der Waals surface area contributed by atoms with E-state index in [1.807, 2.05) is 36.4 Å². The largest absolute Gasteiger partial charge is 0.483 e. The van der Waals surface area contributed by atoms with Crippen molar-refractivity contribution in [3.63, 3.8) is 0 Å². The zero-order valence-corrected chi connectivity index (χ0v) is 19.3. The van der Waals surface area contributed by atoms with Gasteiger partial charge in [-0.2, -0.15) is 4.98 Å². The maximum Gasteiger partial charge on any atom is 0.315 e. The van der Waals surface area contributed by atoms with Crippen LogP contribution in [0.15, 0.2) is 82.2 Å². The molecule has 0 spiro atoms. The van der Waals surface area contributed by atoms with Crippen LogP contribution in [0.5, 0.6) is 5.75 Å². The van der Waals surface area contributed by atoms with Gasteiger partial charge in [0, 0.05) is 18.5 Å². The summed E-state index contributed by atoms with van der Waals surface area (Å²) in [5, 5.41) is 10.6. The Morgan fingerprint density at radius 1 is 0.886 bits per heavy atom. The predicted octanol–water partition coefficient (Wildman–Crippen LogP) is 2.12. The second-order valence-corrected chi connectivity index (χ2v) is 9.45. The van der Waals surface area contributed by atoms with Crippen molar-refractivity contribution in [2.75, 3.05) is 19.7 Å². The number of ether oxygens (including phenoxy) is 1. The molecule has 1 aromatic heterocycles. The summed E-state index contributed by atoms with van der Waals surface area (Å²) >= 11 is 0. The van der Waals surface area contributed by atoms with Crippen molar-refractivity contribution < 1.29 is 27.3 Å². The third kappa shape index (κ3) is 6.21. The Labute approximate surface area is 201 Å². The Hall–Kier alpha value is -4.25. The molecule has 35 heavy (non-hydrogen) atoms. The summed E-state index contributed by atoms with van der Waals surface area (Å²) in [6, 6.07) is 21.1. The van der Waals surface area contributed by atoms with E-state index in [1.165, 1.54) is 12.1 Å².